The van der Waals surface area contributed by atoms with E-state index in [9.17, 15) is 9.59 Å². The van der Waals surface area contributed by atoms with Crippen molar-refractivity contribution in [3.63, 3.8) is 0 Å². The number of nitrogens with two attached hydrogens (primary N) is 1. The Morgan fingerprint density at radius 3 is 2.74 bits per heavy atom. The summed E-state index contributed by atoms with van der Waals surface area (Å²) >= 11 is 7.76. The van der Waals surface area contributed by atoms with Gasteiger partial charge in [0.1, 0.15) is 16.9 Å². The molecule has 0 spiro atoms. The van der Waals surface area contributed by atoms with Gasteiger partial charge in [-0.15, -0.1) is 12.4 Å². The molecule has 1 unspecified atom stereocenters. The molecule has 0 bridgehead atoms. The van der Waals surface area contributed by atoms with Gasteiger partial charge in [-0.05, 0) is 62.2 Å². The average Bonchev–Trinajstić information content (AvgIpc) is 3.41. The Kier molecular flexibility index (Phi) is 8.98. The molecule has 7 nitrogen and oxygen atoms in total. The zero-order valence-corrected chi connectivity index (χ0v) is 21.5. The van der Waals surface area contributed by atoms with Crippen LogP contribution in [0.2, 0.25) is 5.02 Å². The van der Waals surface area contributed by atoms with Crippen LogP contribution in [0.4, 0.5) is 5.69 Å². The molecule has 10 heteroatoms. The van der Waals surface area contributed by atoms with Gasteiger partial charge < -0.3 is 15.2 Å². The molecule has 2 heterocycles. The predicted molar refractivity (Wildman–Crippen MR) is 137 cm³/mol. The molecular weight excluding hydrogens is 497 g/mol. The summed E-state index contributed by atoms with van der Waals surface area (Å²) in [5.41, 5.74) is 7.21. The van der Waals surface area contributed by atoms with Gasteiger partial charge in [0.05, 0.1) is 25.4 Å². The Labute approximate surface area is 215 Å². The van der Waals surface area contributed by atoms with E-state index >= 15 is 0 Å². The molecule has 2 aliphatic rings. The number of anilines is 1. The number of amides is 2. The predicted octanol–water partition coefficient (Wildman–Crippen LogP) is 4.65. The lowest BCUT2D eigenvalue weighted by Gasteiger charge is -2.26. The van der Waals surface area contributed by atoms with E-state index in [1.807, 2.05) is 30.3 Å². The van der Waals surface area contributed by atoms with Gasteiger partial charge in [0.15, 0.2) is 0 Å². The van der Waals surface area contributed by atoms with Crippen molar-refractivity contribution in [2.24, 2.45) is 5.73 Å². The van der Waals surface area contributed by atoms with Crippen LogP contribution in [0.3, 0.4) is 0 Å². The van der Waals surface area contributed by atoms with Crippen molar-refractivity contribution in [3.05, 3.63) is 47.0 Å². The number of rotatable bonds is 8. The normalized spacial score (nSPS) is 19.4. The standard InChI is InChI=1S/C24H28ClN3O4S.ClH/c1-15(29)28-19-8-6-16(25)13-22(19)33-24(28)18-14-17(31-2)7-9-21(18)32-12-4-11-27-10-3-5-20(27)23(26)30;/h6-9,13-14,20,24H,3-5,10-12H2,1-2H3,(H2,26,30);1H/t20-,24?;/m0./s1. The molecular formula is C24H29Cl2N3O4S. The minimum Gasteiger partial charge on any atom is -0.497 e. The molecule has 1 fully saturated rings. The first-order chi connectivity index (χ1) is 15.9. The fourth-order valence-electron chi connectivity index (χ4n) is 4.46. The number of benzene rings is 2. The molecule has 2 aliphatic heterocycles. The Bertz CT molecular complexity index is 1050. The number of methoxy groups -OCH3 is 1. The van der Waals surface area contributed by atoms with Gasteiger partial charge in [-0.3, -0.25) is 19.4 Å². The highest BCUT2D eigenvalue weighted by molar-refractivity contribution is 8.00. The number of thioether (sulfide) groups is 1. The molecule has 0 aliphatic carbocycles. The minimum absolute atomic E-state index is 0. The third-order valence-corrected chi connectivity index (χ3v) is 7.52. The van der Waals surface area contributed by atoms with E-state index in [2.05, 4.69) is 4.90 Å². The number of nitrogens with zero attached hydrogens (tertiary/aromatic N) is 2. The van der Waals surface area contributed by atoms with Crippen molar-refractivity contribution in [2.75, 3.05) is 31.7 Å². The van der Waals surface area contributed by atoms with Crippen molar-refractivity contribution in [1.29, 1.82) is 0 Å². The first kappa shape index (κ1) is 26.5. The van der Waals surface area contributed by atoms with E-state index in [4.69, 9.17) is 26.8 Å². The molecule has 4 rings (SSSR count). The van der Waals surface area contributed by atoms with Gasteiger partial charge in [-0.1, -0.05) is 23.4 Å². The molecule has 1 saturated heterocycles. The minimum atomic E-state index is -0.293. The van der Waals surface area contributed by atoms with Crippen LogP contribution in [0.25, 0.3) is 0 Å². The number of carbonyl (C=O) groups excluding carboxylic acids is 2. The van der Waals surface area contributed by atoms with E-state index in [1.165, 1.54) is 0 Å². The van der Waals surface area contributed by atoms with Crippen LogP contribution in [-0.4, -0.2) is 49.6 Å². The van der Waals surface area contributed by atoms with Crippen molar-refractivity contribution in [3.8, 4) is 11.5 Å². The van der Waals surface area contributed by atoms with Crippen molar-refractivity contribution < 1.29 is 19.1 Å². The average molecular weight is 526 g/mol. The number of fused-ring (bicyclic) bond motifs is 1. The maximum atomic E-state index is 12.6. The number of halogens is 2. The summed E-state index contributed by atoms with van der Waals surface area (Å²) in [7, 11) is 1.61. The molecule has 184 valence electrons. The second-order valence-electron chi connectivity index (χ2n) is 8.17. The van der Waals surface area contributed by atoms with Crippen LogP contribution in [0.5, 0.6) is 11.5 Å². The molecule has 0 aromatic heterocycles. The van der Waals surface area contributed by atoms with Crippen LogP contribution in [0.15, 0.2) is 41.3 Å². The number of hydrogen-bond acceptors (Lipinski definition) is 6. The summed E-state index contributed by atoms with van der Waals surface area (Å²) < 4.78 is 11.6. The molecule has 2 aromatic rings. The SMILES string of the molecule is COc1ccc(OCCCN2CCC[C@H]2C(N)=O)c(C2Sc3cc(Cl)ccc3N2C(C)=O)c1.Cl. The largest absolute Gasteiger partial charge is 0.497 e. The van der Waals surface area contributed by atoms with Gasteiger partial charge in [0.25, 0.3) is 0 Å². The number of likely N-dealkylation sites (tertiary alicyclic amines) is 1. The third-order valence-electron chi connectivity index (χ3n) is 6.02. The molecule has 2 N–H and O–H groups in total. The lowest BCUT2D eigenvalue weighted by Crippen LogP contribution is -2.41. The van der Waals surface area contributed by atoms with E-state index in [-0.39, 0.29) is 35.6 Å². The van der Waals surface area contributed by atoms with Crippen molar-refractivity contribution in [2.45, 2.75) is 42.5 Å². The third kappa shape index (κ3) is 5.57. The summed E-state index contributed by atoms with van der Waals surface area (Å²) in [5.74, 6) is 1.07. The maximum Gasteiger partial charge on any atom is 0.234 e. The first-order valence-corrected chi connectivity index (χ1v) is 12.2. The lowest BCUT2D eigenvalue weighted by atomic mass is 10.1. The Morgan fingerprint density at radius 2 is 2.03 bits per heavy atom. The zero-order valence-electron chi connectivity index (χ0n) is 19.2. The molecule has 2 amide bonds. The zero-order chi connectivity index (χ0) is 23.5. The lowest BCUT2D eigenvalue weighted by molar-refractivity contribution is -0.122. The molecule has 0 radical (unpaired) electrons. The van der Waals surface area contributed by atoms with Gasteiger partial charge in [-0.2, -0.15) is 0 Å². The number of carbonyl (C=O) groups is 2. The van der Waals surface area contributed by atoms with Gasteiger partial charge in [0.2, 0.25) is 11.8 Å². The second kappa shape index (κ2) is 11.5. The van der Waals surface area contributed by atoms with Crippen LogP contribution in [0, 0.1) is 0 Å². The van der Waals surface area contributed by atoms with Crippen LogP contribution in [-0.2, 0) is 9.59 Å². The molecule has 34 heavy (non-hydrogen) atoms. The smallest absolute Gasteiger partial charge is 0.234 e. The first-order valence-electron chi connectivity index (χ1n) is 11.0. The quantitative estimate of drug-likeness (QED) is 0.505. The Hall–Kier alpha value is -2.13. The second-order valence-corrected chi connectivity index (χ2v) is 9.73. The van der Waals surface area contributed by atoms with Gasteiger partial charge >= 0.3 is 0 Å². The van der Waals surface area contributed by atoms with Gasteiger partial charge in [0, 0.05) is 29.0 Å². The number of ether oxygens (including phenoxy) is 2. The van der Waals surface area contributed by atoms with E-state index in [1.54, 1.807) is 36.8 Å². The highest BCUT2D eigenvalue weighted by Crippen LogP contribution is 2.54. The van der Waals surface area contributed by atoms with Crippen molar-refractivity contribution >= 4 is 53.3 Å². The summed E-state index contributed by atoms with van der Waals surface area (Å²) in [6, 6.07) is 11.0. The summed E-state index contributed by atoms with van der Waals surface area (Å²) in [4.78, 5) is 29.1. The summed E-state index contributed by atoms with van der Waals surface area (Å²) in [6.07, 6.45) is 2.57. The molecule has 2 atom stereocenters. The van der Waals surface area contributed by atoms with E-state index < -0.39 is 0 Å². The number of primary amides is 1. The summed E-state index contributed by atoms with van der Waals surface area (Å²) in [5, 5.41) is 0.336. The van der Waals surface area contributed by atoms with Crippen LogP contribution < -0.4 is 20.1 Å². The monoisotopic (exact) mass is 525 g/mol. The van der Waals surface area contributed by atoms with Gasteiger partial charge in [-0.25, -0.2) is 0 Å². The number of hydrogen-bond donors (Lipinski definition) is 1. The molecule has 0 saturated carbocycles. The Balaban J connectivity index is 0.00000324. The highest BCUT2D eigenvalue weighted by atomic mass is 35.5. The molecule has 2 aromatic carbocycles. The topological polar surface area (TPSA) is 85.1 Å². The maximum absolute atomic E-state index is 12.6. The fraction of sp³-hybridized carbons (Fsp3) is 0.417. The van der Waals surface area contributed by atoms with E-state index in [0.29, 0.717) is 23.1 Å². The fourth-order valence-corrected chi connectivity index (χ4v) is 6.10. The Morgan fingerprint density at radius 1 is 1.24 bits per heavy atom. The highest BCUT2D eigenvalue weighted by Gasteiger charge is 2.36. The van der Waals surface area contributed by atoms with E-state index in [0.717, 1.165) is 48.5 Å². The summed E-state index contributed by atoms with van der Waals surface area (Å²) in [6.45, 7) is 3.68. The van der Waals surface area contributed by atoms with Crippen LogP contribution in [0.1, 0.15) is 37.1 Å². The van der Waals surface area contributed by atoms with Crippen LogP contribution >= 0.6 is 35.8 Å². The van der Waals surface area contributed by atoms with Crippen molar-refractivity contribution in [1.82, 2.24) is 4.90 Å².